The van der Waals surface area contributed by atoms with Crippen molar-refractivity contribution in [2.24, 2.45) is 11.0 Å². The predicted octanol–water partition coefficient (Wildman–Crippen LogP) is 0.852. The van der Waals surface area contributed by atoms with Crippen molar-refractivity contribution in [3.8, 4) is 0 Å². The van der Waals surface area contributed by atoms with Crippen LogP contribution in [-0.2, 0) is 19.1 Å². The van der Waals surface area contributed by atoms with Crippen molar-refractivity contribution in [1.29, 1.82) is 0 Å². The molecule has 0 aliphatic carbocycles. The molecule has 2 rings (SSSR count). The highest BCUT2D eigenvalue weighted by molar-refractivity contribution is 6.53. The van der Waals surface area contributed by atoms with Gasteiger partial charge in [0.15, 0.2) is 11.8 Å². The van der Waals surface area contributed by atoms with Gasteiger partial charge in [-0.2, -0.15) is 5.10 Å². The van der Waals surface area contributed by atoms with Crippen molar-refractivity contribution in [1.82, 2.24) is 5.32 Å². The zero-order valence-corrected chi connectivity index (χ0v) is 13.0. The number of ketones is 1. The van der Waals surface area contributed by atoms with Crippen LogP contribution in [0.15, 0.2) is 23.3 Å². The number of nitro groups is 1. The topological polar surface area (TPSA) is 140 Å². The van der Waals surface area contributed by atoms with Crippen molar-refractivity contribution in [2.45, 2.75) is 6.92 Å². The van der Waals surface area contributed by atoms with E-state index in [-0.39, 0.29) is 28.8 Å². The van der Waals surface area contributed by atoms with Crippen LogP contribution in [0.2, 0.25) is 5.02 Å². The summed E-state index contributed by atoms with van der Waals surface area (Å²) in [6, 6.07) is 3.78. The monoisotopic (exact) mass is 354 g/mol. The molecular formula is C13H11ClN4O6. The van der Waals surface area contributed by atoms with Crippen LogP contribution in [0, 0.1) is 16.0 Å². The number of nitro benzene ring substituents is 1. The Kier molecular flexibility index (Phi) is 5.09. The fourth-order valence-corrected chi connectivity index (χ4v) is 2.08. The summed E-state index contributed by atoms with van der Waals surface area (Å²) >= 11 is 5.69. The highest BCUT2D eigenvalue weighted by Crippen LogP contribution is 2.28. The van der Waals surface area contributed by atoms with Gasteiger partial charge in [-0.25, -0.2) is 0 Å². The average molecular weight is 355 g/mol. The maximum atomic E-state index is 11.8. The number of anilines is 1. The van der Waals surface area contributed by atoms with Crippen molar-refractivity contribution >= 4 is 46.5 Å². The largest absolute Gasteiger partial charge is 0.465 e. The predicted molar refractivity (Wildman–Crippen MR) is 82.4 cm³/mol. The molecule has 24 heavy (non-hydrogen) atoms. The smallest absolute Gasteiger partial charge is 0.324 e. The van der Waals surface area contributed by atoms with E-state index in [1.807, 2.05) is 0 Å². The molecule has 2 N–H and O–H groups in total. The highest BCUT2D eigenvalue weighted by atomic mass is 35.5. The number of nitrogens with zero attached hydrogens (tertiary/aromatic N) is 2. The van der Waals surface area contributed by atoms with Crippen LogP contribution in [0.3, 0.4) is 0 Å². The Morgan fingerprint density at radius 3 is 2.83 bits per heavy atom. The number of carbonyl (C=O) groups excluding carboxylic acids is 3. The molecule has 1 atom stereocenters. The van der Waals surface area contributed by atoms with E-state index in [4.69, 9.17) is 16.3 Å². The fourth-order valence-electron chi connectivity index (χ4n) is 1.91. The number of Topliss-reactive ketones (excluding diaryl/α,β-unsaturated/α-hetero) is 1. The van der Waals surface area contributed by atoms with Gasteiger partial charge in [-0.15, -0.1) is 0 Å². The van der Waals surface area contributed by atoms with E-state index in [1.165, 1.54) is 12.1 Å². The number of amidine groups is 1. The third-order valence-electron chi connectivity index (χ3n) is 2.98. The van der Waals surface area contributed by atoms with Crippen LogP contribution in [0.5, 0.6) is 0 Å². The minimum atomic E-state index is -1.53. The van der Waals surface area contributed by atoms with Gasteiger partial charge in [0.1, 0.15) is 5.69 Å². The lowest BCUT2D eigenvalue weighted by Gasteiger charge is -2.08. The Bertz CT molecular complexity index is 763. The molecule has 10 nitrogen and oxygen atoms in total. The van der Waals surface area contributed by atoms with Gasteiger partial charge in [-0.05, 0) is 19.1 Å². The molecule has 1 aromatic carbocycles. The molecule has 1 aromatic rings. The lowest BCUT2D eigenvalue weighted by atomic mass is 10.1. The first-order chi connectivity index (χ1) is 11.3. The molecule has 0 radical (unpaired) electrons. The van der Waals surface area contributed by atoms with Crippen molar-refractivity contribution < 1.29 is 24.0 Å². The Morgan fingerprint density at radius 2 is 2.21 bits per heavy atom. The summed E-state index contributed by atoms with van der Waals surface area (Å²) in [4.78, 5) is 45.2. The zero-order chi connectivity index (χ0) is 17.9. The summed E-state index contributed by atoms with van der Waals surface area (Å²) in [5, 5.41) is 17.0. The number of hydrogen-bond acceptors (Lipinski definition) is 8. The molecule has 0 spiro atoms. The molecule has 1 aliphatic heterocycles. The standard InChI is InChI=1S/C13H11ClN4O6/c1-2-24-13(21)9-10(19)12(20)15-11(9)17-16-7-4-3-6(14)5-8(7)18(22)23/h3-5,9,16H,2H2,1H3,(H,15,17,20)/t9-/m1/s1. The fraction of sp³-hybridized carbons (Fsp3) is 0.231. The minimum absolute atomic E-state index is 0.0141. The third kappa shape index (κ3) is 3.49. The van der Waals surface area contributed by atoms with Crippen LogP contribution in [0.1, 0.15) is 6.92 Å². The van der Waals surface area contributed by atoms with Crippen molar-refractivity contribution in [3.63, 3.8) is 0 Å². The van der Waals surface area contributed by atoms with Gasteiger partial charge in [0.2, 0.25) is 5.78 Å². The molecule has 0 saturated carbocycles. The number of nitrogens with one attached hydrogen (secondary N) is 2. The summed E-state index contributed by atoms with van der Waals surface area (Å²) in [6.45, 7) is 1.55. The van der Waals surface area contributed by atoms with Gasteiger partial charge in [0, 0.05) is 11.1 Å². The minimum Gasteiger partial charge on any atom is -0.465 e. The van der Waals surface area contributed by atoms with E-state index in [2.05, 4.69) is 15.8 Å². The number of benzene rings is 1. The molecule has 1 fully saturated rings. The Morgan fingerprint density at radius 1 is 1.50 bits per heavy atom. The quantitative estimate of drug-likeness (QED) is 0.262. The molecule has 0 aromatic heterocycles. The van der Waals surface area contributed by atoms with E-state index < -0.39 is 28.5 Å². The van der Waals surface area contributed by atoms with Gasteiger partial charge in [-0.3, -0.25) is 29.9 Å². The van der Waals surface area contributed by atoms with Gasteiger partial charge in [-0.1, -0.05) is 11.6 Å². The van der Waals surface area contributed by atoms with E-state index in [0.717, 1.165) is 6.07 Å². The maximum Gasteiger partial charge on any atom is 0.324 e. The number of hydrogen-bond donors (Lipinski definition) is 2. The van der Waals surface area contributed by atoms with Crippen molar-refractivity contribution in [3.05, 3.63) is 33.3 Å². The van der Waals surface area contributed by atoms with E-state index in [9.17, 15) is 24.5 Å². The van der Waals surface area contributed by atoms with Gasteiger partial charge < -0.3 is 10.1 Å². The van der Waals surface area contributed by atoms with Gasteiger partial charge in [0.05, 0.1) is 11.5 Å². The Hall–Kier alpha value is -3.01. The Balaban J connectivity index is 2.30. The number of hydrazone groups is 1. The highest BCUT2D eigenvalue weighted by Gasteiger charge is 2.44. The second-order valence-corrected chi connectivity index (χ2v) is 4.97. The number of amides is 1. The molecule has 1 amide bonds. The van der Waals surface area contributed by atoms with E-state index >= 15 is 0 Å². The molecule has 126 valence electrons. The van der Waals surface area contributed by atoms with E-state index in [0.29, 0.717) is 0 Å². The lowest BCUT2D eigenvalue weighted by Crippen LogP contribution is -2.30. The van der Waals surface area contributed by atoms with Crippen LogP contribution in [-0.4, -0.2) is 35.0 Å². The van der Waals surface area contributed by atoms with Crippen LogP contribution < -0.4 is 10.7 Å². The number of carbonyl (C=O) groups is 3. The SMILES string of the molecule is CCOC(=O)[C@@H]1C(=O)C(=O)N/C1=N/Nc1ccc(Cl)cc1[N+](=O)[O-]. The number of rotatable bonds is 5. The molecule has 1 heterocycles. The lowest BCUT2D eigenvalue weighted by molar-refractivity contribution is -0.383. The Labute approximate surface area is 139 Å². The number of ether oxygens (including phenoxy) is 1. The normalized spacial score (nSPS) is 18.4. The molecular weight excluding hydrogens is 344 g/mol. The van der Waals surface area contributed by atoms with Crippen LogP contribution in [0.25, 0.3) is 0 Å². The molecule has 0 bridgehead atoms. The summed E-state index contributed by atoms with van der Waals surface area (Å²) in [7, 11) is 0. The van der Waals surface area contributed by atoms with Crippen LogP contribution in [0.4, 0.5) is 11.4 Å². The number of halogens is 1. The average Bonchev–Trinajstić information content (AvgIpc) is 2.81. The first kappa shape index (κ1) is 17.3. The number of esters is 1. The van der Waals surface area contributed by atoms with Crippen LogP contribution >= 0.6 is 11.6 Å². The van der Waals surface area contributed by atoms with E-state index in [1.54, 1.807) is 6.92 Å². The van der Waals surface area contributed by atoms with Gasteiger partial charge >= 0.3 is 5.97 Å². The molecule has 1 aliphatic rings. The second kappa shape index (κ2) is 7.04. The maximum absolute atomic E-state index is 11.8. The molecule has 1 saturated heterocycles. The van der Waals surface area contributed by atoms with Crippen molar-refractivity contribution in [2.75, 3.05) is 12.0 Å². The third-order valence-corrected chi connectivity index (χ3v) is 3.21. The molecule has 0 unspecified atom stereocenters. The summed E-state index contributed by atoms with van der Waals surface area (Å²) in [5.41, 5.74) is 1.95. The summed E-state index contributed by atoms with van der Waals surface area (Å²) in [6.07, 6.45) is 0. The second-order valence-electron chi connectivity index (χ2n) is 4.53. The summed E-state index contributed by atoms with van der Waals surface area (Å²) in [5.74, 6) is -4.80. The zero-order valence-electron chi connectivity index (χ0n) is 12.2. The first-order valence-corrected chi connectivity index (χ1v) is 7.02. The molecule has 11 heteroatoms. The first-order valence-electron chi connectivity index (χ1n) is 6.64. The van der Waals surface area contributed by atoms with Gasteiger partial charge in [0.25, 0.3) is 11.6 Å². The summed E-state index contributed by atoms with van der Waals surface area (Å²) < 4.78 is 4.72.